The molecule has 0 aromatic heterocycles. The summed E-state index contributed by atoms with van der Waals surface area (Å²) < 4.78 is 16.2. The van der Waals surface area contributed by atoms with Crippen LogP contribution in [0.15, 0.2) is 12.1 Å². The van der Waals surface area contributed by atoms with Crippen LogP contribution in [-0.2, 0) is 14.3 Å². The molecule has 2 unspecified atom stereocenters. The van der Waals surface area contributed by atoms with Crippen molar-refractivity contribution in [2.45, 2.75) is 57.1 Å². The Balaban J connectivity index is 2.54. The molecule has 2 N–H and O–H groups in total. The van der Waals surface area contributed by atoms with E-state index in [1.54, 1.807) is 40.0 Å². The molecule has 1 aromatic rings. The molecule has 1 aliphatic rings. The lowest BCUT2D eigenvalue weighted by Gasteiger charge is -2.47. The number of methoxy groups -OCH3 is 2. The zero-order valence-electron chi connectivity index (χ0n) is 18.1. The van der Waals surface area contributed by atoms with Gasteiger partial charge in [0.25, 0.3) is 0 Å². The standard InChI is InChI=1S/C21H30Cl2N2O5/c1-20(2,3)30-19(27)25-11-8-13(12-21(25,9-10-24)18(26)29-5)16-15(28-4)7-6-14(22)17(16)23/h6-7,13H,8-12,24H2,1-5H3. The molecule has 0 bridgehead atoms. The Morgan fingerprint density at radius 1 is 1.27 bits per heavy atom. The Kier molecular flexibility index (Phi) is 7.88. The quantitative estimate of drug-likeness (QED) is 0.655. The van der Waals surface area contributed by atoms with Gasteiger partial charge in [-0.2, -0.15) is 0 Å². The summed E-state index contributed by atoms with van der Waals surface area (Å²) in [5.41, 5.74) is 4.57. The average molecular weight is 461 g/mol. The van der Waals surface area contributed by atoms with E-state index >= 15 is 0 Å². The first-order valence-corrected chi connectivity index (χ1v) is 10.6. The van der Waals surface area contributed by atoms with Crippen molar-refractivity contribution in [1.29, 1.82) is 0 Å². The molecule has 2 atom stereocenters. The second kappa shape index (κ2) is 9.62. The van der Waals surface area contributed by atoms with Crippen LogP contribution in [0.4, 0.5) is 4.79 Å². The van der Waals surface area contributed by atoms with E-state index in [0.717, 1.165) is 0 Å². The van der Waals surface area contributed by atoms with E-state index in [0.29, 0.717) is 27.8 Å². The zero-order chi connectivity index (χ0) is 22.7. The Morgan fingerprint density at radius 3 is 2.47 bits per heavy atom. The molecule has 30 heavy (non-hydrogen) atoms. The number of benzene rings is 1. The van der Waals surface area contributed by atoms with E-state index in [1.165, 1.54) is 12.0 Å². The second-order valence-electron chi connectivity index (χ2n) is 8.36. The first kappa shape index (κ1) is 24.6. The summed E-state index contributed by atoms with van der Waals surface area (Å²) in [6, 6.07) is 3.40. The highest BCUT2D eigenvalue weighted by Gasteiger charge is 2.52. The van der Waals surface area contributed by atoms with E-state index in [-0.39, 0.29) is 31.8 Å². The molecule has 0 saturated carbocycles. The van der Waals surface area contributed by atoms with Crippen molar-refractivity contribution in [1.82, 2.24) is 4.90 Å². The van der Waals surface area contributed by atoms with Gasteiger partial charge in [-0.15, -0.1) is 0 Å². The SMILES string of the molecule is COC(=O)C1(CCN)CC(c2c(OC)ccc(Cl)c2Cl)CCN1C(=O)OC(C)(C)C. The van der Waals surface area contributed by atoms with Gasteiger partial charge in [0.1, 0.15) is 16.9 Å². The smallest absolute Gasteiger partial charge is 0.411 e. The number of hydrogen-bond acceptors (Lipinski definition) is 6. The summed E-state index contributed by atoms with van der Waals surface area (Å²) in [7, 11) is 2.84. The van der Waals surface area contributed by atoms with Gasteiger partial charge in [0, 0.05) is 12.1 Å². The minimum Gasteiger partial charge on any atom is -0.496 e. The Bertz CT molecular complexity index is 796. The van der Waals surface area contributed by atoms with Crippen molar-refractivity contribution >= 4 is 35.3 Å². The van der Waals surface area contributed by atoms with Gasteiger partial charge in [0.15, 0.2) is 0 Å². The van der Waals surface area contributed by atoms with Gasteiger partial charge < -0.3 is 19.9 Å². The first-order valence-electron chi connectivity index (χ1n) is 9.81. The molecule has 1 aromatic carbocycles. The van der Waals surface area contributed by atoms with Crippen LogP contribution < -0.4 is 10.5 Å². The van der Waals surface area contributed by atoms with Crippen LogP contribution in [0.3, 0.4) is 0 Å². The van der Waals surface area contributed by atoms with Gasteiger partial charge in [-0.3, -0.25) is 4.90 Å². The normalized spacial score (nSPS) is 21.9. The monoisotopic (exact) mass is 460 g/mol. The van der Waals surface area contributed by atoms with Gasteiger partial charge in [0.05, 0.1) is 24.3 Å². The molecule has 1 amide bonds. The minimum atomic E-state index is -1.29. The number of rotatable bonds is 5. The maximum Gasteiger partial charge on any atom is 0.411 e. The molecule has 1 fully saturated rings. The molecule has 1 heterocycles. The Hall–Kier alpha value is -1.70. The molecular formula is C21H30Cl2N2O5. The first-order chi connectivity index (χ1) is 14.0. The maximum absolute atomic E-state index is 13.0. The average Bonchev–Trinajstić information content (AvgIpc) is 2.67. The lowest BCUT2D eigenvalue weighted by Crippen LogP contribution is -2.62. The van der Waals surface area contributed by atoms with Crippen molar-refractivity contribution < 1.29 is 23.8 Å². The van der Waals surface area contributed by atoms with E-state index in [1.807, 2.05) is 0 Å². The molecule has 168 valence electrons. The molecule has 0 aliphatic carbocycles. The molecule has 0 radical (unpaired) electrons. The van der Waals surface area contributed by atoms with E-state index in [9.17, 15) is 9.59 Å². The van der Waals surface area contributed by atoms with Crippen LogP contribution in [0, 0.1) is 0 Å². The third-order valence-electron chi connectivity index (χ3n) is 5.26. The molecule has 2 rings (SSSR count). The number of carbonyl (C=O) groups excluding carboxylic acids is 2. The van der Waals surface area contributed by atoms with Crippen LogP contribution in [0.1, 0.15) is 51.5 Å². The van der Waals surface area contributed by atoms with Crippen molar-refractivity contribution in [3.05, 3.63) is 27.7 Å². The Labute approximate surface area is 187 Å². The lowest BCUT2D eigenvalue weighted by atomic mass is 9.75. The number of nitrogens with two attached hydrogens (primary N) is 1. The zero-order valence-corrected chi connectivity index (χ0v) is 19.6. The fourth-order valence-electron chi connectivity index (χ4n) is 4.02. The predicted molar refractivity (Wildman–Crippen MR) is 116 cm³/mol. The highest BCUT2D eigenvalue weighted by molar-refractivity contribution is 6.42. The summed E-state index contributed by atoms with van der Waals surface area (Å²) in [6.07, 6.45) is 0.436. The van der Waals surface area contributed by atoms with Gasteiger partial charge >= 0.3 is 12.1 Å². The number of piperidine rings is 1. The molecule has 9 heteroatoms. The number of halogens is 2. The summed E-state index contributed by atoms with van der Waals surface area (Å²) in [5.74, 6) is -0.164. The number of likely N-dealkylation sites (tertiary alicyclic amines) is 1. The fourth-order valence-corrected chi connectivity index (χ4v) is 4.49. The molecule has 7 nitrogen and oxygen atoms in total. The number of hydrogen-bond donors (Lipinski definition) is 1. The van der Waals surface area contributed by atoms with Crippen LogP contribution in [0.2, 0.25) is 10.0 Å². The van der Waals surface area contributed by atoms with Crippen LogP contribution >= 0.6 is 23.2 Å². The van der Waals surface area contributed by atoms with Gasteiger partial charge in [-0.25, -0.2) is 9.59 Å². The van der Waals surface area contributed by atoms with Crippen LogP contribution in [0.5, 0.6) is 5.75 Å². The fraction of sp³-hybridized carbons (Fsp3) is 0.619. The van der Waals surface area contributed by atoms with Crippen LogP contribution in [-0.4, -0.2) is 55.4 Å². The van der Waals surface area contributed by atoms with Crippen molar-refractivity contribution in [2.24, 2.45) is 5.73 Å². The second-order valence-corrected chi connectivity index (χ2v) is 9.15. The van der Waals surface area contributed by atoms with Crippen molar-refractivity contribution in [3.8, 4) is 5.75 Å². The third kappa shape index (κ3) is 4.95. The molecule has 0 spiro atoms. The van der Waals surface area contributed by atoms with E-state index in [2.05, 4.69) is 0 Å². The highest BCUT2D eigenvalue weighted by Crippen LogP contribution is 2.47. The minimum absolute atomic E-state index is 0.182. The summed E-state index contributed by atoms with van der Waals surface area (Å²) in [4.78, 5) is 27.5. The summed E-state index contributed by atoms with van der Waals surface area (Å²) >= 11 is 12.8. The van der Waals surface area contributed by atoms with Gasteiger partial charge in [-0.1, -0.05) is 23.2 Å². The number of carbonyl (C=O) groups is 2. The summed E-state index contributed by atoms with van der Waals surface area (Å²) in [6.45, 7) is 5.77. The Morgan fingerprint density at radius 2 is 1.93 bits per heavy atom. The van der Waals surface area contributed by atoms with Gasteiger partial charge in [0.2, 0.25) is 0 Å². The topological polar surface area (TPSA) is 91.1 Å². The number of amides is 1. The van der Waals surface area contributed by atoms with Gasteiger partial charge in [-0.05, 0) is 64.6 Å². The number of ether oxygens (including phenoxy) is 3. The van der Waals surface area contributed by atoms with Crippen molar-refractivity contribution in [3.63, 3.8) is 0 Å². The highest BCUT2D eigenvalue weighted by atomic mass is 35.5. The molecular weight excluding hydrogens is 431 g/mol. The van der Waals surface area contributed by atoms with E-state index < -0.39 is 23.2 Å². The molecule has 1 aliphatic heterocycles. The summed E-state index contributed by atoms with van der Waals surface area (Å²) in [5, 5.41) is 0.766. The number of esters is 1. The van der Waals surface area contributed by atoms with Crippen LogP contribution in [0.25, 0.3) is 0 Å². The molecule has 1 saturated heterocycles. The predicted octanol–water partition coefficient (Wildman–Crippen LogP) is 4.38. The van der Waals surface area contributed by atoms with E-state index in [4.69, 9.17) is 43.1 Å². The van der Waals surface area contributed by atoms with Crippen molar-refractivity contribution in [2.75, 3.05) is 27.3 Å². The largest absolute Gasteiger partial charge is 0.496 e. The number of nitrogens with zero attached hydrogens (tertiary/aromatic N) is 1. The maximum atomic E-state index is 13.0. The third-order valence-corrected chi connectivity index (χ3v) is 6.08. The lowest BCUT2D eigenvalue weighted by molar-refractivity contribution is -0.158.